The Morgan fingerprint density at radius 2 is 1.87 bits per heavy atom. The standard InChI is InChI=1S/C16H16N2O2S3/c19-12(10-18-16(20)17-9-11-3-1-7-21-11)13-5-6-15(23-13)14-4-2-8-22-14/h1-8,12,19H,9-10H2,(H2,17,18,20). The molecular formula is C16H16N2O2S3. The van der Waals surface area contributed by atoms with Crippen molar-refractivity contribution in [3.05, 3.63) is 56.9 Å². The van der Waals surface area contributed by atoms with Crippen molar-refractivity contribution < 1.29 is 9.90 Å². The van der Waals surface area contributed by atoms with Crippen LogP contribution in [0.2, 0.25) is 0 Å². The minimum atomic E-state index is -0.693. The van der Waals surface area contributed by atoms with Crippen LogP contribution in [0, 0.1) is 0 Å². The molecule has 0 aliphatic heterocycles. The Balaban J connectivity index is 1.47. The van der Waals surface area contributed by atoms with Crippen LogP contribution in [-0.4, -0.2) is 17.7 Å². The molecular weight excluding hydrogens is 348 g/mol. The lowest BCUT2D eigenvalue weighted by Crippen LogP contribution is -2.37. The van der Waals surface area contributed by atoms with E-state index in [0.717, 1.165) is 14.6 Å². The lowest BCUT2D eigenvalue weighted by atomic mass is 10.3. The SMILES string of the molecule is O=C(NCc1cccs1)NCC(O)c1ccc(-c2cccs2)s1. The zero-order valence-corrected chi connectivity index (χ0v) is 14.6. The second kappa shape index (κ2) is 7.74. The highest BCUT2D eigenvalue weighted by Crippen LogP contribution is 2.33. The molecule has 7 heteroatoms. The summed E-state index contributed by atoms with van der Waals surface area (Å²) in [6, 6.07) is 11.6. The normalized spacial score (nSPS) is 12.0. The van der Waals surface area contributed by atoms with Crippen LogP contribution in [0.25, 0.3) is 9.75 Å². The summed E-state index contributed by atoms with van der Waals surface area (Å²) < 4.78 is 0. The summed E-state index contributed by atoms with van der Waals surface area (Å²) in [6.07, 6.45) is -0.693. The second-order valence-corrected chi connectivity index (χ2v) is 7.93. The molecule has 3 rings (SSSR count). The molecule has 1 atom stereocenters. The van der Waals surface area contributed by atoms with E-state index in [-0.39, 0.29) is 12.6 Å². The van der Waals surface area contributed by atoms with Gasteiger partial charge in [0.05, 0.1) is 13.1 Å². The third-order valence-corrected chi connectivity index (χ3v) is 6.31. The van der Waals surface area contributed by atoms with Gasteiger partial charge in [0.25, 0.3) is 0 Å². The van der Waals surface area contributed by atoms with Gasteiger partial charge in [-0.25, -0.2) is 4.79 Å². The lowest BCUT2D eigenvalue weighted by molar-refractivity contribution is 0.176. The molecule has 0 aliphatic carbocycles. The molecule has 2 amide bonds. The maximum absolute atomic E-state index is 11.7. The quantitative estimate of drug-likeness (QED) is 0.617. The van der Waals surface area contributed by atoms with E-state index in [0.29, 0.717) is 6.54 Å². The first-order valence-electron chi connectivity index (χ1n) is 7.08. The fourth-order valence-electron chi connectivity index (χ4n) is 2.02. The summed E-state index contributed by atoms with van der Waals surface area (Å²) in [7, 11) is 0. The highest BCUT2D eigenvalue weighted by Gasteiger charge is 2.13. The van der Waals surface area contributed by atoms with Crippen molar-refractivity contribution in [3.63, 3.8) is 0 Å². The molecule has 23 heavy (non-hydrogen) atoms. The van der Waals surface area contributed by atoms with Crippen molar-refractivity contribution in [3.8, 4) is 9.75 Å². The summed E-state index contributed by atoms with van der Waals surface area (Å²) in [4.78, 5) is 16.0. The van der Waals surface area contributed by atoms with E-state index >= 15 is 0 Å². The van der Waals surface area contributed by atoms with Crippen LogP contribution >= 0.6 is 34.0 Å². The average molecular weight is 365 g/mol. The van der Waals surface area contributed by atoms with Crippen molar-refractivity contribution in [2.75, 3.05) is 6.54 Å². The molecule has 3 aromatic heterocycles. The Morgan fingerprint density at radius 1 is 1.04 bits per heavy atom. The molecule has 0 aromatic carbocycles. The van der Waals surface area contributed by atoms with Crippen molar-refractivity contribution in [1.29, 1.82) is 0 Å². The predicted octanol–water partition coefficient (Wildman–Crippen LogP) is 4.07. The van der Waals surface area contributed by atoms with Gasteiger partial charge in [0.2, 0.25) is 0 Å². The van der Waals surface area contributed by atoms with Crippen LogP contribution in [0.1, 0.15) is 15.9 Å². The molecule has 0 bridgehead atoms. The van der Waals surface area contributed by atoms with Gasteiger partial charge in [-0.1, -0.05) is 12.1 Å². The zero-order valence-electron chi connectivity index (χ0n) is 12.2. The summed E-state index contributed by atoms with van der Waals surface area (Å²) in [6.45, 7) is 0.696. The zero-order chi connectivity index (χ0) is 16.1. The van der Waals surface area contributed by atoms with Gasteiger partial charge in [0.1, 0.15) is 6.10 Å². The number of hydrogen-bond donors (Lipinski definition) is 3. The van der Waals surface area contributed by atoms with Gasteiger partial charge >= 0.3 is 6.03 Å². The fourth-order valence-corrected chi connectivity index (χ4v) is 4.49. The van der Waals surface area contributed by atoms with Gasteiger partial charge in [0, 0.05) is 19.5 Å². The molecule has 0 saturated carbocycles. The Labute approximate surface area is 146 Å². The van der Waals surface area contributed by atoms with Crippen LogP contribution in [0.4, 0.5) is 4.79 Å². The minimum absolute atomic E-state index is 0.195. The van der Waals surface area contributed by atoms with E-state index in [2.05, 4.69) is 16.7 Å². The molecule has 3 aromatic rings. The van der Waals surface area contributed by atoms with Gasteiger partial charge in [-0.05, 0) is 35.0 Å². The molecule has 120 valence electrons. The number of rotatable bonds is 6. The molecule has 0 radical (unpaired) electrons. The first kappa shape index (κ1) is 16.2. The monoisotopic (exact) mass is 364 g/mol. The third kappa shape index (κ3) is 4.42. The largest absolute Gasteiger partial charge is 0.386 e. The van der Waals surface area contributed by atoms with E-state index in [1.165, 1.54) is 4.88 Å². The van der Waals surface area contributed by atoms with Gasteiger partial charge in [-0.2, -0.15) is 0 Å². The summed E-state index contributed by atoms with van der Waals surface area (Å²) in [5, 5.41) is 19.7. The second-order valence-electron chi connectivity index (χ2n) is 4.84. The Morgan fingerprint density at radius 3 is 2.61 bits per heavy atom. The lowest BCUT2D eigenvalue weighted by Gasteiger charge is -2.11. The van der Waals surface area contributed by atoms with E-state index in [9.17, 15) is 9.90 Å². The van der Waals surface area contributed by atoms with Crippen LogP contribution < -0.4 is 10.6 Å². The van der Waals surface area contributed by atoms with Crippen molar-refractivity contribution >= 4 is 40.0 Å². The van der Waals surface area contributed by atoms with Crippen molar-refractivity contribution in [1.82, 2.24) is 10.6 Å². The number of urea groups is 1. The average Bonchev–Trinajstić information content (AvgIpc) is 3.31. The summed E-state index contributed by atoms with van der Waals surface area (Å²) >= 11 is 4.83. The minimum Gasteiger partial charge on any atom is -0.386 e. The molecule has 3 heterocycles. The number of carbonyl (C=O) groups is 1. The first-order chi connectivity index (χ1) is 11.2. The number of nitrogens with one attached hydrogen (secondary N) is 2. The number of amides is 2. The number of aliphatic hydroxyl groups is 1. The fraction of sp³-hybridized carbons (Fsp3) is 0.188. The van der Waals surface area contributed by atoms with Crippen LogP contribution in [0.3, 0.4) is 0 Å². The van der Waals surface area contributed by atoms with Gasteiger partial charge in [-0.3, -0.25) is 0 Å². The molecule has 0 aliphatic rings. The number of thiophene rings is 3. The van der Waals surface area contributed by atoms with E-state index in [4.69, 9.17) is 0 Å². The highest BCUT2D eigenvalue weighted by molar-refractivity contribution is 7.21. The van der Waals surface area contributed by atoms with Gasteiger partial charge in [0.15, 0.2) is 0 Å². The van der Waals surface area contributed by atoms with Crippen LogP contribution in [0.15, 0.2) is 47.2 Å². The van der Waals surface area contributed by atoms with Gasteiger partial charge in [-0.15, -0.1) is 34.0 Å². The maximum Gasteiger partial charge on any atom is 0.315 e. The van der Waals surface area contributed by atoms with E-state index in [1.807, 2.05) is 41.1 Å². The Hall–Kier alpha value is -1.67. The molecule has 0 saturated heterocycles. The highest BCUT2D eigenvalue weighted by atomic mass is 32.1. The topological polar surface area (TPSA) is 61.4 Å². The van der Waals surface area contributed by atoms with Crippen LogP contribution in [0.5, 0.6) is 0 Å². The predicted molar refractivity (Wildman–Crippen MR) is 97.1 cm³/mol. The first-order valence-corrected chi connectivity index (χ1v) is 9.65. The van der Waals surface area contributed by atoms with Gasteiger partial charge < -0.3 is 15.7 Å². The number of carbonyl (C=O) groups excluding carboxylic acids is 1. The number of hydrogen-bond acceptors (Lipinski definition) is 5. The molecule has 4 nitrogen and oxygen atoms in total. The van der Waals surface area contributed by atoms with Crippen LogP contribution in [-0.2, 0) is 6.54 Å². The molecule has 0 fully saturated rings. The van der Waals surface area contributed by atoms with Crippen molar-refractivity contribution in [2.45, 2.75) is 12.6 Å². The smallest absolute Gasteiger partial charge is 0.315 e. The van der Waals surface area contributed by atoms with E-state index < -0.39 is 6.10 Å². The molecule has 0 spiro atoms. The Kier molecular flexibility index (Phi) is 5.45. The molecule has 1 unspecified atom stereocenters. The molecule has 3 N–H and O–H groups in total. The van der Waals surface area contributed by atoms with Crippen molar-refractivity contribution in [2.24, 2.45) is 0 Å². The Bertz CT molecular complexity index is 735. The summed E-state index contributed by atoms with van der Waals surface area (Å²) in [5.74, 6) is 0. The van der Waals surface area contributed by atoms with E-state index in [1.54, 1.807) is 34.0 Å². The summed E-state index contributed by atoms with van der Waals surface area (Å²) in [5.41, 5.74) is 0. The maximum atomic E-state index is 11.7. The third-order valence-electron chi connectivity index (χ3n) is 3.18. The number of aliphatic hydroxyl groups excluding tert-OH is 1.